The maximum Gasteiger partial charge on any atom is 0.409 e. The van der Waals surface area contributed by atoms with E-state index in [9.17, 15) is 9.59 Å². The lowest BCUT2D eigenvalue weighted by molar-refractivity contribution is -0.116. The van der Waals surface area contributed by atoms with E-state index < -0.39 is 6.09 Å². The lowest BCUT2D eigenvalue weighted by Crippen LogP contribution is -2.54. The zero-order valence-electron chi connectivity index (χ0n) is 12.5. The second-order valence-electron chi connectivity index (χ2n) is 5.05. The molecule has 0 radical (unpaired) electrons. The highest BCUT2D eigenvalue weighted by molar-refractivity contribution is 9.10. The number of anilines is 1. The van der Waals surface area contributed by atoms with E-state index in [1.807, 2.05) is 0 Å². The highest BCUT2D eigenvalue weighted by Gasteiger charge is 2.23. The third-order valence-corrected chi connectivity index (χ3v) is 3.77. The number of piperazine rings is 1. The molecule has 8 nitrogen and oxygen atoms in total. The Morgan fingerprint density at radius 1 is 1.57 bits per heavy atom. The fraction of sp³-hybridized carbons (Fsp3) is 0.500. The third-order valence-electron chi connectivity index (χ3n) is 3.28. The lowest BCUT2D eigenvalue weighted by Gasteiger charge is -2.31. The summed E-state index contributed by atoms with van der Waals surface area (Å²) in [5, 5.41) is 14.8. The summed E-state index contributed by atoms with van der Waals surface area (Å²) in [5.74, 6) is 0.153. The predicted molar refractivity (Wildman–Crippen MR) is 87.0 cm³/mol. The number of carbonyl (C=O) groups excluding carboxylic acids is 2. The van der Waals surface area contributed by atoms with Crippen molar-refractivity contribution < 1.29 is 19.4 Å². The Bertz CT molecular complexity index is 557. The fourth-order valence-electron chi connectivity index (χ4n) is 2.11. The number of hydrogen-bond acceptors (Lipinski definition) is 6. The number of aliphatic hydroxyl groups excluding tert-OH is 1. The molecule has 126 valence electrons. The SMILES string of the molecule is O=C(CCOC(=O)N1CCNC(CO)C1)Nc1cc(Br)ccn1. The van der Waals surface area contributed by atoms with Crippen LogP contribution in [0.1, 0.15) is 6.42 Å². The van der Waals surface area contributed by atoms with E-state index in [2.05, 4.69) is 31.5 Å². The van der Waals surface area contributed by atoms with E-state index in [4.69, 9.17) is 9.84 Å². The molecule has 9 heteroatoms. The van der Waals surface area contributed by atoms with Crippen LogP contribution in [0.25, 0.3) is 0 Å². The number of halogens is 1. The van der Waals surface area contributed by atoms with Crippen LogP contribution in [0, 0.1) is 0 Å². The van der Waals surface area contributed by atoms with Crippen molar-refractivity contribution in [3.05, 3.63) is 22.8 Å². The molecule has 2 amide bonds. The van der Waals surface area contributed by atoms with Gasteiger partial charge in [-0.15, -0.1) is 0 Å². The van der Waals surface area contributed by atoms with E-state index in [-0.39, 0.29) is 31.6 Å². The predicted octanol–water partition coefficient (Wildman–Crippen LogP) is 0.575. The highest BCUT2D eigenvalue weighted by atomic mass is 79.9. The van der Waals surface area contributed by atoms with Crippen LogP contribution in [0.15, 0.2) is 22.8 Å². The first kappa shape index (κ1) is 17.6. The number of aliphatic hydroxyl groups is 1. The number of rotatable bonds is 5. The maximum atomic E-state index is 11.9. The molecule has 3 N–H and O–H groups in total. The van der Waals surface area contributed by atoms with Crippen LogP contribution in [-0.4, -0.2) is 65.9 Å². The standard InChI is InChI=1S/C14H19BrN4O4/c15-10-1-3-17-12(7-10)18-13(21)2-6-23-14(22)19-5-4-16-11(8-19)9-20/h1,3,7,11,16,20H,2,4-6,8-9H2,(H,17,18,21). The van der Waals surface area contributed by atoms with Crippen LogP contribution in [0.4, 0.5) is 10.6 Å². The number of carbonyl (C=O) groups is 2. The lowest BCUT2D eigenvalue weighted by atomic mass is 10.2. The zero-order valence-corrected chi connectivity index (χ0v) is 14.1. The van der Waals surface area contributed by atoms with Crippen molar-refractivity contribution in [1.29, 1.82) is 0 Å². The van der Waals surface area contributed by atoms with Crippen LogP contribution >= 0.6 is 15.9 Å². The molecule has 0 saturated carbocycles. The minimum atomic E-state index is -0.474. The Labute approximate surface area is 142 Å². The van der Waals surface area contributed by atoms with E-state index in [1.54, 1.807) is 18.3 Å². The van der Waals surface area contributed by atoms with Crippen molar-refractivity contribution in [2.24, 2.45) is 0 Å². The fourth-order valence-corrected chi connectivity index (χ4v) is 2.45. The zero-order chi connectivity index (χ0) is 16.7. The van der Waals surface area contributed by atoms with E-state index in [1.165, 1.54) is 4.90 Å². The smallest absolute Gasteiger partial charge is 0.409 e. The Morgan fingerprint density at radius 2 is 2.39 bits per heavy atom. The van der Waals surface area contributed by atoms with Gasteiger partial charge in [0.1, 0.15) is 12.4 Å². The first-order valence-electron chi connectivity index (χ1n) is 7.26. The summed E-state index contributed by atoms with van der Waals surface area (Å²) in [6, 6.07) is 3.30. The molecule has 1 aromatic heterocycles. The molecule has 1 aliphatic heterocycles. The number of pyridine rings is 1. The molecule has 1 aromatic rings. The average Bonchev–Trinajstić information content (AvgIpc) is 2.54. The molecule has 1 unspecified atom stereocenters. The number of hydrogen-bond donors (Lipinski definition) is 3. The summed E-state index contributed by atoms with van der Waals surface area (Å²) in [5.41, 5.74) is 0. The molecule has 0 aromatic carbocycles. The summed E-state index contributed by atoms with van der Waals surface area (Å²) in [7, 11) is 0. The molecule has 1 saturated heterocycles. The molecular formula is C14H19BrN4O4. The van der Waals surface area contributed by atoms with Crippen LogP contribution in [0.3, 0.4) is 0 Å². The molecule has 0 spiro atoms. The van der Waals surface area contributed by atoms with Gasteiger partial charge in [0.2, 0.25) is 5.91 Å². The number of ether oxygens (including phenoxy) is 1. The minimum Gasteiger partial charge on any atom is -0.449 e. The normalized spacial score (nSPS) is 17.7. The first-order valence-corrected chi connectivity index (χ1v) is 8.05. The molecule has 2 heterocycles. The van der Waals surface area contributed by atoms with Gasteiger partial charge in [-0.05, 0) is 12.1 Å². The van der Waals surface area contributed by atoms with Gasteiger partial charge in [0.15, 0.2) is 0 Å². The molecular weight excluding hydrogens is 368 g/mol. The average molecular weight is 387 g/mol. The maximum absolute atomic E-state index is 11.9. The highest BCUT2D eigenvalue weighted by Crippen LogP contribution is 2.12. The van der Waals surface area contributed by atoms with Gasteiger partial charge in [-0.1, -0.05) is 15.9 Å². The molecule has 1 atom stereocenters. The van der Waals surface area contributed by atoms with Crippen molar-refractivity contribution in [1.82, 2.24) is 15.2 Å². The molecule has 1 aliphatic rings. The van der Waals surface area contributed by atoms with Gasteiger partial charge in [0.05, 0.1) is 13.0 Å². The summed E-state index contributed by atoms with van der Waals surface area (Å²) in [6.45, 7) is 1.47. The summed E-state index contributed by atoms with van der Waals surface area (Å²) >= 11 is 3.29. The van der Waals surface area contributed by atoms with Crippen LogP contribution < -0.4 is 10.6 Å². The van der Waals surface area contributed by atoms with Crippen LogP contribution in [0.2, 0.25) is 0 Å². The summed E-state index contributed by atoms with van der Waals surface area (Å²) in [4.78, 5) is 29.2. The van der Waals surface area contributed by atoms with Gasteiger partial charge >= 0.3 is 6.09 Å². The Balaban J connectivity index is 1.69. The van der Waals surface area contributed by atoms with Gasteiger partial charge < -0.3 is 25.4 Å². The number of aromatic nitrogens is 1. The molecule has 2 rings (SSSR count). The topological polar surface area (TPSA) is 104 Å². The quantitative estimate of drug-likeness (QED) is 0.683. The van der Waals surface area contributed by atoms with E-state index in [0.29, 0.717) is 25.5 Å². The molecule has 0 aliphatic carbocycles. The number of nitrogens with zero attached hydrogens (tertiary/aromatic N) is 2. The van der Waals surface area contributed by atoms with E-state index >= 15 is 0 Å². The Hall–Kier alpha value is -1.71. The largest absolute Gasteiger partial charge is 0.449 e. The van der Waals surface area contributed by atoms with Gasteiger partial charge in [-0.25, -0.2) is 9.78 Å². The monoisotopic (exact) mass is 386 g/mol. The van der Waals surface area contributed by atoms with Crippen molar-refractivity contribution in [3.8, 4) is 0 Å². The first-order chi connectivity index (χ1) is 11.1. The number of nitrogens with one attached hydrogen (secondary N) is 2. The van der Waals surface area contributed by atoms with Gasteiger partial charge in [0, 0.05) is 36.3 Å². The third kappa shape index (κ3) is 5.77. The Kier molecular flexibility index (Phi) is 6.75. The van der Waals surface area contributed by atoms with E-state index in [0.717, 1.165) is 4.47 Å². The second kappa shape index (κ2) is 8.80. The molecule has 1 fully saturated rings. The van der Waals surface area contributed by atoms with Crippen LogP contribution in [0.5, 0.6) is 0 Å². The molecule has 23 heavy (non-hydrogen) atoms. The Morgan fingerprint density at radius 3 is 3.13 bits per heavy atom. The second-order valence-corrected chi connectivity index (χ2v) is 5.97. The summed E-state index contributed by atoms with van der Waals surface area (Å²) in [6.07, 6.45) is 1.15. The van der Waals surface area contributed by atoms with Crippen LogP contribution in [-0.2, 0) is 9.53 Å². The van der Waals surface area contributed by atoms with Crippen molar-refractivity contribution in [2.45, 2.75) is 12.5 Å². The van der Waals surface area contributed by atoms with Crippen molar-refractivity contribution in [2.75, 3.05) is 38.2 Å². The molecule has 0 bridgehead atoms. The van der Waals surface area contributed by atoms with Gasteiger partial charge in [-0.2, -0.15) is 0 Å². The van der Waals surface area contributed by atoms with Crippen molar-refractivity contribution in [3.63, 3.8) is 0 Å². The minimum absolute atomic E-state index is 0.00755. The van der Waals surface area contributed by atoms with Crippen molar-refractivity contribution >= 4 is 33.7 Å². The van der Waals surface area contributed by atoms with Gasteiger partial charge in [0.25, 0.3) is 0 Å². The number of amides is 2. The van der Waals surface area contributed by atoms with Gasteiger partial charge in [-0.3, -0.25) is 4.79 Å². The summed E-state index contributed by atoms with van der Waals surface area (Å²) < 4.78 is 5.90.